The maximum Gasteiger partial charge on any atom is 0.458 e. The number of hydrogen-bond acceptors (Lipinski definition) is 5. The average Bonchev–Trinajstić information content (AvgIpc) is 2.68. The first-order chi connectivity index (χ1) is 14.4. The molecule has 0 atom stereocenters. The summed E-state index contributed by atoms with van der Waals surface area (Å²) >= 11 is 1.18. The predicted octanol–water partition coefficient (Wildman–Crippen LogP) is 6.22. The molecule has 0 aliphatic carbocycles. The predicted molar refractivity (Wildman–Crippen MR) is 107 cm³/mol. The number of rotatable bonds is 10. The van der Waals surface area contributed by atoms with Crippen LogP contribution in [0.5, 0.6) is 0 Å². The third-order valence-corrected chi connectivity index (χ3v) is 5.44. The molecule has 170 valence electrons. The molecule has 2 aromatic rings. The highest BCUT2D eigenvalue weighted by atomic mass is 32.2. The minimum Gasteiger partial charge on any atom is -0.462 e. The van der Waals surface area contributed by atoms with Gasteiger partial charge in [0.2, 0.25) is 0 Å². The van der Waals surface area contributed by atoms with Crippen LogP contribution in [0.25, 0.3) is 11.0 Å². The molecule has 4 nitrogen and oxygen atoms in total. The Balaban J connectivity index is 1.99. The van der Waals surface area contributed by atoms with Crippen molar-refractivity contribution in [2.45, 2.75) is 49.6 Å². The number of benzene rings is 1. The lowest BCUT2D eigenvalue weighted by Crippen LogP contribution is -2.33. The number of carbonyl (C=O) groups is 1. The normalized spacial score (nSPS) is 12.2. The minimum absolute atomic E-state index is 0.0257. The van der Waals surface area contributed by atoms with Gasteiger partial charge in [-0.25, -0.2) is 9.59 Å². The van der Waals surface area contributed by atoms with E-state index in [-0.39, 0.29) is 22.5 Å². The van der Waals surface area contributed by atoms with Crippen molar-refractivity contribution >= 4 is 28.7 Å². The molecule has 0 bridgehead atoms. The van der Waals surface area contributed by atoms with Crippen molar-refractivity contribution in [3.8, 4) is 0 Å². The van der Waals surface area contributed by atoms with Crippen LogP contribution in [0.2, 0.25) is 0 Å². The molecule has 0 amide bonds. The third kappa shape index (κ3) is 6.56. The number of unbranched alkanes of at least 4 members (excludes halogenated alkanes) is 3. The van der Waals surface area contributed by atoms with E-state index in [2.05, 4.69) is 6.58 Å². The van der Waals surface area contributed by atoms with Gasteiger partial charge in [0, 0.05) is 27.5 Å². The van der Waals surface area contributed by atoms with Crippen LogP contribution < -0.4 is 5.63 Å². The SMILES string of the molecule is C=C(C)C(=O)OCCCCCCSc1cc(=O)oc2ccc(C(F)(F)C(F)(F)F)cc12. The summed E-state index contributed by atoms with van der Waals surface area (Å²) < 4.78 is 75.3. The second kappa shape index (κ2) is 10.3. The van der Waals surface area contributed by atoms with Gasteiger partial charge in [0.1, 0.15) is 5.58 Å². The molecule has 2 rings (SSSR count). The number of fused-ring (bicyclic) bond motifs is 1. The summed E-state index contributed by atoms with van der Waals surface area (Å²) in [5.41, 5.74) is -1.67. The van der Waals surface area contributed by atoms with Gasteiger partial charge < -0.3 is 9.15 Å². The number of hydrogen-bond donors (Lipinski definition) is 0. The monoisotopic (exact) mass is 464 g/mol. The first-order valence-electron chi connectivity index (χ1n) is 9.42. The van der Waals surface area contributed by atoms with E-state index >= 15 is 0 Å². The summed E-state index contributed by atoms with van der Waals surface area (Å²) in [5, 5.41) is 0.0257. The van der Waals surface area contributed by atoms with E-state index in [1.807, 2.05) is 0 Å². The van der Waals surface area contributed by atoms with E-state index in [0.717, 1.165) is 25.0 Å². The Labute approximate surface area is 179 Å². The lowest BCUT2D eigenvalue weighted by molar-refractivity contribution is -0.289. The molecule has 0 aliphatic heterocycles. The molecule has 31 heavy (non-hydrogen) atoms. The Hall–Kier alpha value is -2.36. The van der Waals surface area contributed by atoms with Crippen molar-refractivity contribution in [3.63, 3.8) is 0 Å². The minimum atomic E-state index is -5.73. The van der Waals surface area contributed by atoms with E-state index < -0.39 is 29.3 Å². The van der Waals surface area contributed by atoms with Crippen LogP contribution in [0.4, 0.5) is 22.0 Å². The molecule has 0 saturated carbocycles. The van der Waals surface area contributed by atoms with Crippen LogP contribution in [-0.4, -0.2) is 24.5 Å². The standard InChI is InChI=1S/C21H21F5O4S/c1-13(2)19(28)29-9-5-3-4-6-10-31-17-12-18(27)30-16-8-7-14(11-15(16)17)20(22,23)21(24,25)26/h7-8,11-12H,1,3-6,9-10H2,2H3. The summed E-state index contributed by atoms with van der Waals surface area (Å²) in [6.45, 7) is 5.31. The Bertz CT molecular complexity index is 997. The largest absolute Gasteiger partial charge is 0.462 e. The van der Waals surface area contributed by atoms with Crippen LogP contribution in [0.1, 0.15) is 38.2 Å². The fourth-order valence-electron chi connectivity index (χ4n) is 2.64. The zero-order valence-corrected chi connectivity index (χ0v) is 17.5. The van der Waals surface area contributed by atoms with Gasteiger partial charge in [0.15, 0.2) is 0 Å². The summed E-state index contributed by atoms with van der Waals surface area (Å²) in [6, 6.07) is 3.35. The number of ether oxygens (including phenoxy) is 1. The molecular weight excluding hydrogens is 443 g/mol. The fraction of sp³-hybridized carbons (Fsp3) is 0.429. The van der Waals surface area contributed by atoms with Gasteiger partial charge in [-0.15, -0.1) is 11.8 Å². The molecule has 0 N–H and O–H groups in total. The lowest BCUT2D eigenvalue weighted by atomic mass is 10.1. The molecule has 1 aromatic carbocycles. The summed E-state index contributed by atoms with van der Waals surface area (Å²) in [6.07, 6.45) is -2.79. The maximum absolute atomic E-state index is 13.7. The first kappa shape index (κ1) is 24.9. The van der Waals surface area contributed by atoms with E-state index in [1.54, 1.807) is 6.92 Å². The summed E-state index contributed by atoms with van der Waals surface area (Å²) in [4.78, 5) is 23.2. The van der Waals surface area contributed by atoms with Crippen molar-refractivity contribution in [3.05, 3.63) is 52.4 Å². The maximum atomic E-state index is 13.7. The van der Waals surface area contributed by atoms with Gasteiger partial charge in [-0.1, -0.05) is 19.4 Å². The molecule has 1 heterocycles. The van der Waals surface area contributed by atoms with Crippen molar-refractivity contribution in [1.82, 2.24) is 0 Å². The highest BCUT2D eigenvalue weighted by molar-refractivity contribution is 7.99. The fourth-order valence-corrected chi connectivity index (χ4v) is 3.70. The van der Waals surface area contributed by atoms with Crippen molar-refractivity contribution in [2.75, 3.05) is 12.4 Å². The molecular formula is C21H21F5O4S. The number of thioether (sulfide) groups is 1. The van der Waals surface area contributed by atoms with Gasteiger partial charge in [-0.2, -0.15) is 22.0 Å². The molecule has 0 fully saturated rings. The van der Waals surface area contributed by atoms with Crippen LogP contribution in [0.15, 0.2) is 50.5 Å². The Morgan fingerprint density at radius 2 is 1.77 bits per heavy atom. The van der Waals surface area contributed by atoms with Crippen molar-refractivity contribution in [1.29, 1.82) is 0 Å². The van der Waals surface area contributed by atoms with E-state index in [9.17, 15) is 31.5 Å². The highest BCUT2D eigenvalue weighted by Crippen LogP contribution is 2.45. The number of esters is 1. The average molecular weight is 464 g/mol. The van der Waals surface area contributed by atoms with Crippen LogP contribution in [0, 0.1) is 0 Å². The molecule has 0 saturated heterocycles. The number of alkyl halides is 5. The molecule has 0 spiro atoms. The van der Waals surface area contributed by atoms with Crippen LogP contribution >= 0.6 is 11.8 Å². The third-order valence-electron chi connectivity index (χ3n) is 4.30. The highest BCUT2D eigenvalue weighted by Gasteiger charge is 2.58. The van der Waals surface area contributed by atoms with Gasteiger partial charge >= 0.3 is 23.7 Å². The Kier molecular flexibility index (Phi) is 8.27. The second-order valence-corrected chi connectivity index (χ2v) is 8.03. The zero-order chi connectivity index (χ0) is 23.2. The smallest absolute Gasteiger partial charge is 0.458 e. The number of carbonyl (C=O) groups excluding carboxylic acids is 1. The van der Waals surface area contributed by atoms with Crippen molar-refractivity contribution < 1.29 is 35.9 Å². The molecule has 10 heteroatoms. The zero-order valence-electron chi connectivity index (χ0n) is 16.7. The quantitative estimate of drug-likeness (QED) is 0.104. The molecule has 0 unspecified atom stereocenters. The van der Waals surface area contributed by atoms with Crippen molar-refractivity contribution in [2.24, 2.45) is 0 Å². The number of halogens is 5. The summed E-state index contributed by atoms with van der Waals surface area (Å²) in [7, 11) is 0. The van der Waals surface area contributed by atoms with E-state index in [0.29, 0.717) is 36.3 Å². The second-order valence-electron chi connectivity index (χ2n) is 6.89. The molecule has 1 aromatic heterocycles. The van der Waals surface area contributed by atoms with E-state index in [1.165, 1.54) is 11.8 Å². The Morgan fingerprint density at radius 1 is 1.10 bits per heavy atom. The van der Waals surface area contributed by atoms with Gasteiger partial charge in [-0.05, 0) is 43.7 Å². The molecule has 0 aliphatic rings. The summed E-state index contributed by atoms with van der Waals surface area (Å²) in [5.74, 6) is -4.95. The van der Waals surface area contributed by atoms with Gasteiger partial charge in [0.05, 0.1) is 6.61 Å². The van der Waals surface area contributed by atoms with Crippen LogP contribution in [0.3, 0.4) is 0 Å². The molecule has 0 radical (unpaired) electrons. The Morgan fingerprint density at radius 3 is 2.42 bits per heavy atom. The van der Waals surface area contributed by atoms with Gasteiger partial charge in [0.25, 0.3) is 0 Å². The lowest BCUT2D eigenvalue weighted by Gasteiger charge is -2.20. The first-order valence-corrected chi connectivity index (χ1v) is 10.4. The topological polar surface area (TPSA) is 56.5 Å². The van der Waals surface area contributed by atoms with E-state index in [4.69, 9.17) is 9.15 Å². The van der Waals surface area contributed by atoms with Gasteiger partial charge in [-0.3, -0.25) is 0 Å². The van der Waals surface area contributed by atoms with Crippen LogP contribution in [-0.2, 0) is 15.5 Å².